The van der Waals surface area contributed by atoms with Gasteiger partial charge < -0.3 is 20.1 Å². The Morgan fingerprint density at radius 2 is 1.92 bits per heavy atom. The van der Waals surface area contributed by atoms with Gasteiger partial charge in [0, 0.05) is 17.5 Å². The van der Waals surface area contributed by atoms with Crippen molar-refractivity contribution in [2.75, 3.05) is 44.5 Å². The molecule has 2 heterocycles. The van der Waals surface area contributed by atoms with Crippen molar-refractivity contribution in [3.63, 3.8) is 0 Å². The van der Waals surface area contributed by atoms with Crippen LogP contribution in [0.25, 0.3) is 0 Å². The minimum Gasteiger partial charge on any atom is -0.497 e. The zero-order chi connectivity index (χ0) is 26.7. The van der Waals surface area contributed by atoms with Gasteiger partial charge in [0.1, 0.15) is 16.5 Å². The topological polar surface area (TPSA) is 79.9 Å². The summed E-state index contributed by atoms with van der Waals surface area (Å²) < 4.78 is 10.8. The van der Waals surface area contributed by atoms with Crippen molar-refractivity contribution < 1.29 is 19.1 Å². The van der Waals surface area contributed by atoms with Crippen LogP contribution >= 0.6 is 11.3 Å². The quantitative estimate of drug-likeness (QED) is 0.473. The summed E-state index contributed by atoms with van der Waals surface area (Å²) in [6.07, 6.45) is 5.11. The maximum Gasteiger partial charge on any atom is 0.259 e. The number of likely N-dealkylation sites (tertiary alicyclic amines) is 1. The molecule has 0 bridgehead atoms. The number of fused-ring (bicyclic) bond motifs is 1. The van der Waals surface area contributed by atoms with E-state index in [1.165, 1.54) is 11.3 Å². The molecule has 2 N–H and O–H groups in total. The van der Waals surface area contributed by atoms with Crippen LogP contribution in [0.2, 0.25) is 0 Å². The Hall–Kier alpha value is -2.58. The maximum absolute atomic E-state index is 13.7. The molecule has 1 aromatic heterocycles. The van der Waals surface area contributed by atoms with E-state index in [1.807, 2.05) is 0 Å². The second kappa shape index (κ2) is 11.4. The Balaban J connectivity index is 1.61. The zero-order valence-electron chi connectivity index (χ0n) is 23.0. The average Bonchev–Trinajstić information content (AvgIpc) is 3.20. The van der Waals surface area contributed by atoms with Crippen LogP contribution in [0.15, 0.2) is 18.2 Å². The number of nitrogens with zero attached hydrogens (tertiary/aromatic N) is 1. The molecule has 4 rings (SSSR count). The minimum atomic E-state index is -0.225. The molecular weight excluding hydrogens is 486 g/mol. The van der Waals surface area contributed by atoms with E-state index in [-0.39, 0.29) is 17.2 Å². The number of methoxy groups -OCH3 is 2. The number of piperidine rings is 1. The van der Waals surface area contributed by atoms with E-state index in [0.717, 1.165) is 44.3 Å². The van der Waals surface area contributed by atoms with Crippen molar-refractivity contribution in [1.82, 2.24) is 4.90 Å². The third-order valence-corrected chi connectivity index (χ3v) is 8.91. The molecule has 1 aliphatic carbocycles. The number of hydrogen-bond donors (Lipinski definition) is 2. The van der Waals surface area contributed by atoms with Crippen LogP contribution in [-0.2, 0) is 17.6 Å². The number of carbonyl (C=O) groups excluding carboxylic acids is 2. The van der Waals surface area contributed by atoms with Crippen molar-refractivity contribution in [1.29, 1.82) is 0 Å². The van der Waals surface area contributed by atoms with Gasteiger partial charge in [-0.1, -0.05) is 27.7 Å². The third-order valence-electron chi connectivity index (χ3n) is 7.74. The number of nitrogens with one attached hydrogen (secondary N) is 2. The lowest BCUT2D eigenvalue weighted by atomic mass is 9.72. The Morgan fingerprint density at radius 3 is 2.59 bits per heavy atom. The summed E-state index contributed by atoms with van der Waals surface area (Å²) in [5.41, 5.74) is 2.41. The highest BCUT2D eigenvalue weighted by molar-refractivity contribution is 7.17. The number of thiophene rings is 1. The van der Waals surface area contributed by atoms with E-state index in [9.17, 15) is 9.59 Å². The molecule has 2 atom stereocenters. The van der Waals surface area contributed by atoms with Crippen LogP contribution < -0.4 is 20.1 Å². The molecule has 0 spiro atoms. The maximum atomic E-state index is 13.7. The summed E-state index contributed by atoms with van der Waals surface area (Å²) in [5, 5.41) is 6.81. The van der Waals surface area contributed by atoms with Crippen molar-refractivity contribution in [3.05, 3.63) is 34.2 Å². The molecule has 8 heteroatoms. The summed E-state index contributed by atoms with van der Waals surface area (Å²) >= 11 is 1.57. The molecule has 1 aliphatic heterocycles. The van der Waals surface area contributed by atoms with Crippen LogP contribution in [0, 0.1) is 17.3 Å². The van der Waals surface area contributed by atoms with Crippen LogP contribution in [0.1, 0.15) is 67.8 Å². The van der Waals surface area contributed by atoms with E-state index in [0.29, 0.717) is 46.1 Å². The number of anilines is 2. The second-order valence-corrected chi connectivity index (χ2v) is 12.7. The van der Waals surface area contributed by atoms with Gasteiger partial charge in [-0.2, -0.15) is 0 Å². The largest absolute Gasteiger partial charge is 0.497 e. The highest BCUT2D eigenvalue weighted by atomic mass is 32.1. The van der Waals surface area contributed by atoms with Crippen molar-refractivity contribution >= 4 is 33.8 Å². The first-order valence-electron chi connectivity index (χ1n) is 13.3. The molecule has 2 aliphatic rings. The third kappa shape index (κ3) is 6.47. The van der Waals surface area contributed by atoms with Gasteiger partial charge in [-0.25, -0.2) is 0 Å². The van der Waals surface area contributed by atoms with Gasteiger partial charge in [0.2, 0.25) is 5.91 Å². The lowest BCUT2D eigenvalue weighted by molar-refractivity contribution is -0.117. The molecule has 2 unspecified atom stereocenters. The predicted molar refractivity (Wildman–Crippen MR) is 150 cm³/mol. The Bertz CT molecular complexity index is 1140. The molecule has 37 heavy (non-hydrogen) atoms. The van der Waals surface area contributed by atoms with Crippen LogP contribution in [-0.4, -0.2) is 50.6 Å². The SMILES string of the molecule is COc1ccc(NC(=O)c2c(NC(=O)CN3CCCC(C)C3)sc3c2CCC(C(C)(C)C)C3)c(OC)c1. The van der Waals surface area contributed by atoms with E-state index < -0.39 is 0 Å². The fourth-order valence-corrected chi connectivity index (χ4v) is 6.88. The highest BCUT2D eigenvalue weighted by Crippen LogP contribution is 2.44. The van der Waals surface area contributed by atoms with Gasteiger partial charge in [0.25, 0.3) is 5.91 Å². The molecule has 0 saturated carbocycles. The number of ether oxygens (including phenoxy) is 2. The van der Waals surface area contributed by atoms with Gasteiger partial charge in [-0.3, -0.25) is 14.5 Å². The zero-order valence-corrected chi connectivity index (χ0v) is 23.8. The number of hydrogen-bond acceptors (Lipinski definition) is 6. The Kier molecular flexibility index (Phi) is 8.49. The minimum absolute atomic E-state index is 0.0591. The molecule has 1 fully saturated rings. The van der Waals surface area contributed by atoms with E-state index in [4.69, 9.17) is 9.47 Å². The summed E-state index contributed by atoms with van der Waals surface area (Å²) in [5.74, 6) is 2.03. The molecular formula is C29H41N3O4S. The van der Waals surface area contributed by atoms with Crippen LogP contribution in [0.5, 0.6) is 11.5 Å². The first-order chi connectivity index (χ1) is 17.6. The summed E-state index contributed by atoms with van der Waals surface area (Å²) in [4.78, 5) is 30.3. The first kappa shape index (κ1) is 27.5. The number of carbonyl (C=O) groups is 2. The van der Waals surface area contributed by atoms with Crippen molar-refractivity contribution in [3.8, 4) is 11.5 Å². The van der Waals surface area contributed by atoms with Crippen molar-refractivity contribution in [2.24, 2.45) is 17.3 Å². The average molecular weight is 528 g/mol. The predicted octanol–water partition coefficient (Wildman–Crippen LogP) is 5.84. The van der Waals surface area contributed by atoms with Crippen LogP contribution in [0.3, 0.4) is 0 Å². The van der Waals surface area contributed by atoms with Gasteiger partial charge in [-0.15, -0.1) is 11.3 Å². The van der Waals surface area contributed by atoms with Crippen LogP contribution in [0.4, 0.5) is 10.7 Å². The summed E-state index contributed by atoms with van der Waals surface area (Å²) in [7, 11) is 3.16. The van der Waals surface area contributed by atoms with E-state index in [1.54, 1.807) is 43.8 Å². The number of benzene rings is 1. The molecule has 1 aromatic carbocycles. The number of rotatable bonds is 7. The Morgan fingerprint density at radius 1 is 1.14 bits per heavy atom. The monoisotopic (exact) mass is 527 g/mol. The normalized spacial score (nSPS) is 20.2. The van der Waals surface area contributed by atoms with Gasteiger partial charge in [0.05, 0.1) is 32.0 Å². The summed E-state index contributed by atoms with van der Waals surface area (Å²) in [6, 6.07) is 5.31. The van der Waals surface area contributed by atoms with E-state index in [2.05, 4.69) is 43.2 Å². The molecule has 202 valence electrons. The fraction of sp³-hybridized carbons (Fsp3) is 0.586. The van der Waals surface area contributed by atoms with Gasteiger partial charge >= 0.3 is 0 Å². The molecule has 2 aromatic rings. The Labute approximate surface area is 224 Å². The lowest BCUT2D eigenvalue weighted by Gasteiger charge is -2.33. The summed E-state index contributed by atoms with van der Waals surface area (Å²) in [6.45, 7) is 11.3. The molecule has 2 amide bonds. The second-order valence-electron chi connectivity index (χ2n) is 11.6. The highest BCUT2D eigenvalue weighted by Gasteiger charge is 2.34. The molecule has 0 radical (unpaired) electrons. The first-order valence-corrected chi connectivity index (χ1v) is 14.1. The van der Waals surface area contributed by atoms with Crippen molar-refractivity contribution in [2.45, 2.75) is 59.8 Å². The smallest absolute Gasteiger partial charge is 0.259 e. The number of amides is 2. The molecule has 7 nitrogen and oxygen atoms in total. The van der Waals surface area contributed by atoms with Gasteiger partial charge in [0.15, 0.2) is 0 Å². The van der Waals surface area contributed by atoms with E-state index >= 15 is 0 Å². The lowest BCUT2D eigenvalue weighted by Crippen LogP contribution is -2.39. The molecule has 1 saturated heterocycles. The fourth-order valence-electron chi connectivity index (χ4n) is 5.54. The van der Waals surface area contributed by atoms with Gasteiger partial charge in [-0.05, 0) is 73.6 Å². The standard InChI is InChI=1S/C29H41N3O4S/c1-18-8-7-13-32(16-18)17-25(33)31-28-26(21-11-9-19(29(2,3)4)14-24(21)37-28)27(34)30-22-12-10-20(35-5)15-23(22)36-6/h10,12,15,18-19H,7-9,11,13-14,16-17H2,1-6H3,(H,30,34)(H,31,33).